The van der Waals surface area contributed by atoms with Gasteiger partial charge in [-0.25, -0.2) is 0 Å². The Morgan fingerprint density at radius 2 is 1.74 bits per heavy atom. The SMILES string of the molecule is C/C=C/c1cc(OC)c2oc(-c3ccc(OC)cc3)c(C)c2c1. The average Bonchev–Trinajstić information content (AvgIpc) is 2.92. The van der Waals surface area contributed by atoms with Gasteiger partial charge in [0.25, 0.3) is 0 Å². The Labute approximate surface area is 136 Å². The molecule has 0 radical (unpaired) electrons. The Hall–Kier alpha value is -2.68. The maximum atomic E-state index is 6.12. The molecule has 0 saturated carbocycles. The third-order valence-corrected chi connectivity index (χ3v) is 3.96. The first-order valence-corrected chi connectivity index (χ1v) is 7.56. The molecule has 0 aliphatic heterocycles. The van der Waals surface area contributed by atoms with Crippen LogP contribution in [0.4, 0.5) is 0 Å². The highest BCUT2D eigenvalue weighted by atomic mass is 16.5. The second kappa shape index (κ2) is 6.21. The second-order valence-corrected chi connectivity index (χ2v) is 5.38. The lowest BCUT2D eigenvalue weighted by Gasteiger charge is -2.02. The van der Waals surface area contributed by atoms with Gasteiger partial charge in [0.15, 0.2) is 11.3 Å². The Balaban J connectivity index is 2.20. The monoisotopic (exact) mass is 308 g/mol. The van der Waals surface area contributed by atoms with E-state index in [1.807, 2.05) is 43.3 Å². The van der Waals surface area contributed by atoms with Gasteiger partial charge in [-0.1, -0.05) is 12.2 Å². The molecule has 3 heteroatoms. The summed E-state index contributed by atoms with van der Waals surface area (Å²) in [6, 6.07) is 12.0. The van der Waals surface area contributed by atoms with Gasteiger partial charge in [0.2, 0.25) is 0 Å². The van der Waals surface area contributed by atoms with E-state index in [2.05, 4.69) is 19.1 Å². The Kier molecular flexibility index (Phi) is 4.11. The van der Waals surface area contributed by atoms with E-state index in [9.17, 15) is 0 Å². The number of methoxy groups -OCH3 is 2. The molecule has 0 spiro atoms. The minimum atomic E-state index is 0.749. The van der Waals surface area contributed by atoms with Gasteiger partial charge in [0, 0.05) is 16.5 Å². The molecule has 0 aliphatic carbocycles. The molecule has 0 fully saturated rings. The summed E-state index contributed by atoms with van der Waals surface area (Å²) in [7, 11) is 3.33. The van der Waals surface area contributed by atoms with E-state index in [0.29, 0.717) is 0 Å². The smallest absolute Gasteiger partial charge is 0.176 e. The maximum absolute atomic E-state index is 6.12. The highest BCUT2D eigenvalue weighted by Gasteiger charge is 2.16. The van der Waals surface area contributed by atoms with Crippen molar-refractivity contribution in [2.45, 2.75) is 13.8 Å². The quantitative estimate of drug-likeness (QED) is 0.641. The number of aryl methyl sites for hydroxylation is 1. The largest absolute Gasteiger partial charge is 0.497 e. The van der Waals surface area contributed by atoms with E-state index < -0.39 is 0 Å². The Morgan fingerprint density at radius 1 is 1.00 bits per heavy atom. The molecule has 0 aliphatic rings. The van der Waals surface area contributed by atoms with Crippen LogP contribution in [0.15, 0.2) is 46.9 Å². The lowest BCUT2D eigenvalue weighted by molar-refractivity contribution is 0.410. The number of ether oxygens (including phenoxy) is 2. The predicted octanol–water partition coefficient (Wildman–Crippen LogP) is 5.46. The van der Waals surface area contributed by atoms with Crippen LogP contribution in [0.2, 0.25) is 0 Å². The van der Waals surface area contributed by atoms with Crippen LogP contribution in [0.5, 0.6) is 11.5 Å². The first-order chi connectivity index (χ1) is 11.2. The fraction of sp³-hybridized carbons (Fsp3) is 0.200. The number of hydrogen-bond acceptors (Lipinski definition) is 3. The van der Waals surface area contributed by atoms with E-state index in [1.54, 1.807) is 14.2 Å². The first-order valence-electron chi connectivity index (χ1n) is 7.56. The number of benzene rings is 2. The topological polar surface area (TPSA) is 31.6 Å². The van der Waals surface area contributed by atoms with Gasteiger partial charge >= 0.3 is 0 Å². The summed E-state index contributed by atoms with van der Waals surface area (Å²) in [5.74, 6) is 2.44. The predicted molar refractivity (Wildman–Crippen MR) is 94.2 cm³/mol. The van der Waals surface area contributed by atoms with Crippen molar-refractivity contribution < 1.29 is 13.9 Å². The number of allylic oxidation sites excluding steroid dienone is 1. The molecule has 23 heavy (non-hydrogen) atoms. The molecule has 3 rings (SSSR count). The van der Waals surface area contributed by atoms with E-state index in [-0.39, 0.29) is 0 Å². The third kappa shape index (κ3) is 2.70. The molecule has 0 atom stereocenters. The van der Waals surface area contributed by atoms with Gasteiger partial charge in [-0.05, 0) is 55.8 Å². The van der Waals surface area contributed by atoms with Gasteiger partial charge in [-0.2, -0.15) is 0 Å². The molecule has 0 amide bonds. The van der Waals surface area contributed by atoms with E-state index in [0.717, 1.165) is 44.9 Å². The molecule has 0 unspecified atom stereocenters. The van der Waals surface area contributed by atoms with Crippen LogP contribution in [0.1, 0.15) is 18.1 Å². The minimum Gasteiger partial charge on any atom is -0.497 e. The van der Waals surface area contributed by atoms with Gasteiger partial charge in [0.05, 0.1) is 14.2 Å². The van der Waals surface area contributed by atoms with Gasteiger partial charge < -0.3 is 13.9 Å². The lowest BCUT2D eigenvalue weighted by atomic mass is 10.0. The molecule has 0 bridgehead atoms. The van der Waals surface area contributed by atoms with Crippen LogP contribution in [-0.2, 0) is 0 Å². The molecule has 3 aromatic rings. The molecule has 1 aromatic heterocycles. The zero-order valence-electron chi connectivity index (χ0n) is 13.8. The summed E-state index contributed by atoms with van der Waals surface area (Å²) < 4.78 is 16.8. The number of furan rings is 1. The zero-order chi connectivity index (χ0) is 16.4. The number of rotatable bonds is 4. The van der Waals surface area contributed by atoms with Crippen LogP contribution in [0.25, 0.3) is 28.4 Å². The summed E-state index contributed by atoms with van der Waals surface area (Å²) in [5, 5.41) is 1.07. The number of hydrogen-bond donors (Lipinski definition) is 0. The molecule has 1 heterocycles. The fourth-order valence-corrected chi connectivity index (χ4v) is 2.77. The van der Waals surface area contributed by atoms with Crippen LogP contribution < -0.4 is 9.47 Å². The van der Waals surface area contributed by atoms with Crippen molar-refractivity contribution in [2.24, 2.45) is 0 Å². The van der Waals surface area contributed by atoms with Gasteiger partial charge in [0.1, 0.15) is 11.5 Å². The minimum absolute atomic E-state index is 0.749. The standard InChI is InChI=1S/C20H20O3/c1-5-6-14-11-17-13(2)19(23-20(17)18(12-14)22-4)15-7-9-16(21-3)10-8-15/h5-12H,1-4H3/b6-5+. The summed E-state index contributed by atoms with van der Waals surface area (Å²) in [6.45, 7) is 4.08. The van der Waals surface area contributed by atoms with Crippen molar-refractivity contribution in [3.05, 3.63) is 53.6 Å². The van der Waals surface area contributed by atoms with Gasteiger partial charge in [-0.15, -0.1) is 0 Å². The van der Waals surface area contributed by atoms with Crippen LogP contribution in [-0.4, -0.2) is 14.2 Å². The van der Waals surface area contributed by atoms with Crippen LogP contribution >= 0.6 is 0 Å². The van der Waals surface area contributed by atoms with Gasteiger partial charge in [-0.3, -0.25) is 0 Å². The van der Waals surface area contributed by atoms with Crippen molar-refractivity contribution in [3.8, 4) is 22.8 Å². The molecule has 2 aromatic carbocycles. The van der Waals surface area contributed by atoms with E-state index in [1.165, 1.54) is 0 Å². The van der Waals surface area contributed by atoms with Crippen molar-refractivity contribution in [2.75, 3.05) is 14.2 Å². The van der Waals surface area contributed by atoms with Crippen LogP contribution in [0, 0.1) is 6.92 Å². The Bertz CT molecular complexity index is 855. The molecule has 3 nitrogen and oxygen atoms in total. The maximum Gasteiger partial charge on any atom is 0.176 e. The summed E-state index contributed by atoms with van der Waals surface area (Å²) in [5.41, 5.74) is 4.01. The second-order valence-electron chi connectivity index (χ2n) is 5.38. The lowest BCUT2D eigenvalue weighted by Crippen LogP contribution is -1.85. The summed E-state index contributed by atoms with van der Waals surface area (Å²) in [4.78, 5) is 0. The average molecular weight is 308 g/mol. The van der Waals surface area contributed by atoms with Crippen molar-refractivity contribution in [3.63, 3.8) is 0 Å². The zero-order valence-corrected chi connectivity index (χ0v) is 13.8. The Morgan fingerprint density at radius 3 is 2.35 bits per heavy atom. The summed E-state index contributed by atoms with van der Waals surface area (Å²) >= 11 is 0. The van der Waals surface area contributed by atoms with Crippen molar-refractivity contribution in [1.29, 1.82) is 0 Å². The van der Waals surface area contributed by atoms with E-state index >= 15 is 0 Å². The van der Waals surface area contributed by atoms with Crippen molar-refractivity contribution in [1.82, 2.24) is 0 Å². The molecule has 0 saturated heterocycles. The molecular formula is C20H20O3. The number of fused-ring (bicyclic) bond motifs is 1. The van der Waals surface area contributed by atoms with E-state index in [4.69, 9.17) is 13.9 Å². The fourth-order valence-electron chi connectivity index (χ4n) is 2.77. The van der Waals surface area contributed by atoms with Crippen LogP contribution in [0.3, 0.4) is 0 Å². The first kappa shape index (κ1) is 15.2. The summed E-state index contributed by atoms with van der Waals surface area (Å²) in [6.07, 6.45) is 4.07. The normalized spacial score (nSPS) is 11.3. The molecule has 0 N–H and O–H groups in total. The third-order valence-electron chi connectivity index (χ3n) is 3.96. The molecule has 118 valence electrons. The van der Waals surface area contributed by atoms with Crippen molar-refractivity contribution >= 4 is 17.0 Å². The molecular weight excluding hydrogens is 288 g/mol. The highest BCUT2D eigenvalue weighted by molar-refractivity contribution is 5.93. The highest BCUT2D eigenvalue weighted by Crippen LogP contribution is 2.39.